The van der Waals surface area contributed by atoms with E-state index >= 15 is 0 Å². The molecule has 0 radical (unpaired) electrons. The summed E-state index contributed by atoms with van der Waals surface area (Å²) in [4.78, 5) is 26.1. The number of rotatable bonds is 7. The van der Waals surface area contributed by atoms with Crippen molar-refractivity contribution in [1.82, 2.24) is 15.5 Å². The van der Waals surface area contributed by atoms with E-state index in [1.165, 1.54) is 0 Å². The Morgan fingerprint density at radius 1 is 1.34 bits per heavy atom. The normalized spacial score (nSPS) is 21.0. The fraction of sp³-hybridized carbons (Fsp3) is 0.524. The lowest BCUT2D eigenvalue weighted by atomic mass is 9.69. The molecular formula is C21H28N4O4. The molecule has 0 saturated heterocycles. The largest absolute Gasteiger partial charge is 0.463 e. The van der Waals surface area contributed by atoms with Crippen molar-refractivity contribution in [1.29, 1.82) is 0 Å². The Balaban J connectivity index is 2.14. The van der Waals surface area contributed by atoms with Crippen molar-refractivity contribution in [3.63, 3.8) is 0 Å². The highest BCUT2D eigenvalue weighted by Gasteiger charge is 2.43. The third-order valence-electron chi connectivity index (χ3n) is 5.07. The topological polar surface area (TPSA) is 116 Å². The number of carbonyl (C=O) groups is 2. The van der Waals surface area contributed by atoms with Gasteiger partial charge in [0, 0.05) is 36.4 Å². The first-order valence-corrected chi connectivity index (χ1v) is 9.85. The Morgan fingerprint density at radius 3 is 2.79 bits per heavy atom. The summed E-state index contributed by atoms with van der Waals surface area (Å²) in [5, 5.41) is 11.1. The maximum absolute atomic E-state index is 13.2. The number of allylic oxidation sites excluding steroid dienone is 2. The van der Waals surface area contributed by atoms with Crippen LogP contribution in [-0.2, 0) is 19.1 Å². The van der Waals surface area contributed by atoms with Crippen LogP contribution in [0.2, 0.25) is 0 Å². The van der Waals surface area contributed by atoms with E-state index in [1.807, 2.05) is 0 Å². The van der Waals surface area contributed by atoms with Crippen molar-refractivity contribution in [3.05, 3.63) is 46.6 Å². The van der Waals surface area contributed by atoms with E-state index in [-0.39, 0.29) is 24.4 Å². The summed E-state index contributed by atoms with van der Waals surface area (Å²) in [6.07, 6.45) is 4.25. The van der Waals surface area contributed by atoms with Crippen LogP contribution in [0, 0.1) is 5.41 Å². The van der Waals surface area contributed by atoms with E-state index in [9.17, 15) is 9.59 Å². The van der Waals surface area contributed by atoms with Gasteiger partial charge in [0.05, 0.1) is 37.3 Å². The predicted molar refractivity (Wildman–Crippen MR) is 106 cm³/mol. The molecular weight excluding hydrogens is 372 g/mol. The summed E-state index contributed by atoms with van der Waals surface area (Å²) >= 11 is 0. The molecule has 0 saturated carbocycles. The Morgan fingerprint density at radius 2 is 2.14 bits per heavy atom. The van der Waals surface area contributed by atoms with Crippen molar-refractivity contribution in [3.8, 4) is 0 Å². The SMILES string of the molecule is CCOC(=O)C1=C(COCCN)NC2=C(C(=O)CC(C)(C)C2)C1c1ccnnc1. The van der Waals surface area contributed by atoms with Gasteiger partial charge >= 0.3 is 5.97 Å². The molecule has 2 aliphatic rings. The lowest BCUT2D eigenvalue weighted by Gasteiger charge is -2.39. The average Bonchev–Trinajstić information content (AvgIpc) is 2.67. The smallest absolute Gasteiger partial charge is 0.336 e. The molecule has 0 fully saturated rings. The van der Waals surface area contributed by atoms with E-state index < -0.39 is 11.9 Å². The molecule has 1 aromatic heterocycles. The molecule has 29 heavy (non-hydrogen) atoms. The molecule has 8 heteroatoms. The summed E-state index contributed by atoms with van der Waals surface area (Å²) in [6.45, 7) is 7.02. The molecule has 1 aromatic rings. The third-order valence-corrected chi connectivity index (χ3v) is 5.07. The molecule has 1 aliphatic carbocycles. The van der Waals surface area contributed by atoms with Crippen LogP contribution in [0.1, 0.15) is 45.1 Å². The fourth-order valence-electron chi connectivity index (χ4n) is 3.98. The van der Waals surface area contributed by atoms with E-state index in [0.717, 1.165) is 11.3 Å². The molecule has 0 aromatic carbocycles. The zero-order chi connectivity index (χ0) is 21.0. The molecule has 156 valence electrons. The minimum Gasteiger partial charge on any atom is -0.463 e. The molecule has 8 nitrogen and oxygen atoms in total. The maximum atomic E-state index is 13.2. The maximum Gasteiger partial charge on any atom is 0.336 e. The number of nitrogens with zero attached hydrogens (tertiary/aromatic N) is 2. The minimum atomic E-state index is -0.569. The van der Waals surface area contributed by atoms with Gasteiger partial charge < -0.3 is 20.5 Å². The van der Waals surface area contributed by atoms with Gasteiger partial charge in [-0.3, -0.25) is 4.79 Å². The van der Waals surface area contributed by atoms with Gasteiger partial charge in [-0.2, -0.15) is 10.2 Å². The second-order valence-electron chi connectivity index (χ2n) is 8.02. The van der Waals surface area contributed by atoms with Crippen molar-refractivity contribution in [2.75, 3.05) is 26.4 Å². The number of hydrogen-bond donors (Lipinski definition) is 2. The quantitative estimate of drug-likeness (QED) is 0.524. The second kappa shape index (κ2) is 8.84. The van der Waals surface area contributed by atoms with E-state index in [1.54, 1.807) is 25.4 Å². The van der Waals surface area contributed by atoms with Crippen LogP contribution < -0.4 is 11.1 Å². The van der Waals surface area contributed by atoms with Crippen LogP contribution in [0.5, 0.6) is 0 Å². The summed E-state index contributed by atoms with van der Waals surface area (Å²) in [6, 6.07) is 1.78. The van der Waals surface area contributed by atoms with Crippen molar-refractivity contribution < 1.29 is 19.1 Å². The van der Waals surface area contributed by atoms with Crippen molar-refractivity contribution >= 4 is 11.8 Å². The standard InChI is InChI=1S/C21H28N4O4/c1-4-29-20(27)19-15(12-28-8-6-22)25-14-9-21(2,3)10-16(26)18(14)17(19)13-5-7-23-24-11-13/h5,7,11,17,25H,4,6,8-10,12,22H2,1-3H3. The Kier molecular flexibility index (Phi) is 6.44. The van der Waals surface area contributed by atoms with Crippen molar-refractivity contribution in [2.45, 2.75) is 39.5 Å². The molecule has 2 heterocycles. The van der Waals surface area contributed by atoms with E-state index in [2.05, 4.69) is 29.4 Å². The second-order valence-corrected chi connectivity index (χ2v) is 8.02. The zero-order valence-corrected chi connectivity index (χ0v) is 17.2. The number of Topliss-reactive ketones (excluding diaryl/α,β-unsaturated/α-hetero) is 1. The highest BCUT2D eigenvalue weighted by Crippen LogP contribution is 2.46. The first-order chi connectivity index (χ1) is 13.9. The third kappa shape index (κ3) is 4.54. The summed E-state index contributed by atoms with van der Waals surface area (Å²) < 4.78 is 11.0. The molecule has 0 spiro atoms. The zero-order valence-electron chi connectivity index (χ0n) is 17.2. The number of nitrogens with two attached hydrogens (primary N) is 1. The van der Waals surface area contributed by atoms with Gasteiger partial charge in [-0.25, -0.2) is 4.79 Å². The van der Waals surface area contributed by atoms with Crippen LogP contribution in [-0.4, -0.2) is 48.3 Å². The number of esters is 1. The van der Waals surface area contributed by atoms with Crippen LogP contribution >= 0.6 is 0 Å². The molecule has 0 bridgehead atoms. The van der Waals surface area contributed by atoms with Gasteiger partial charge in [0.25, 0.3) is 0 Å². The highest BCUT2D eigenvalue weighted by molar-refractivity contribution is 6.04. The summed E-state index contributed by atoms with van der Waals surface area (Å²) in [7, 11) is 0. The van der Waals surface area contributed by atoms with Crippen molar-refractivity contribution in [2.24, 2.45) is 11.1 Å². The first-order valence-electron chi connectivity index (χ1n) is 9.85. The lowest BCUT2D eigenvalue weighted by molar-refractivity contribution is -0.139. The highest BCUT2D eigenvalue weighted by atomic mass is 16.5. The molecule has 0 amide bonds. The Hall–Kier alpha value is -2.58. The van der Waals surface area contributed by atoms with E-state index in [4.69, 9.17) is 15.2 Å². The lowest BCUT2D eigenvalue weighted by Crippen LogP contribution is -2.40. The minimum absolute atomic E-state index is 0.0225. The number of ketones is 1. The predicted octanol–water partition coefficient (Wildman–Crippen LogP) is 1.60. The summed E-state index contributed by atoms with van der Waals surface area (Å²) in [5.74, 6) is -1.02. The number of ether oxygens (including phenoxy) is 2. The van der Waals surface area contributed by atoms with E-state index in [0.29, 0.717) is 42.8 Å². The molecule has 1 aliphatic heterocycles. The molecule has 3 N–H and O–H groups in total. The molecule has 1 atom stereocenters. The monoisotopic (exact) mass is 400 g/mol. The molecule has 3 rings (SSSR count). The van der Waals surface area contributed by atoms with Gasteiger partial charge in [-0.05, 0) is 30.4 Å². The number of hydrogen-bond acceptors (Lipinski definition) is 8. The van der Waals surface area contributed by atoms with Gasteiger partial charge in [0.2, 0.25) is 0 Å². The number of aromatic nitrogens is 2. The summed E-state index contributed by atoms with van der Waals surface area (Å²) in [5.41, 5.74) is 8.50. The number of nitrogens with one attached hydrogen (secondary N) is 1. The van der Waals surface area contributed by atoms with Crippen LogP contribution in [0.3, 0.4) is 0 Å². The number of dihydropyridines is 1. The Labute approximate surface area is 170 Å². The van der Waals surface area contributed by atoms with Gasteiger partial charge in [-0.15, -0.1) is 0 Å². The van der Waals surface area contributed by atoms with Crippen LogP contribution in [0.4, 0.5) is 0 Å². The molecule has 1 unspecified atom stereocenters. The van der Waals surface area contributed by atoms with Crippen LogP contribution in [0.15, 0.2) is 41.0 Å². The number of carbonyl (C=O) groups excluding carboxylic acids is 2. The fourth-order valence-corrected chi connectivity index (χ4v) is 3.98. The van der Waals surface area contributed by atoms with Crippen LogP contribution in [0.25, 0.3) is 0 Å². The van der Waals surface area contributed by atoms with Gasteiger partial charge in [-0.1, -0.05) is 13.8 Å². The first kappa shape index (κ1) is 21.1. The average molecular weight is 400 g/mol. The van der Waals surface area contributed by atoms with Gasteiger partial charge in [0.1, 0.15) is 0 Å². The van der Waals surface area contributed by atoms with Gasteiger partial charge in [0.15, 0.2) is 5.78 Å². The Bertz CT molecular complexity index is 845.